The van der Waals surface area contributed by atoms with Crippen LogP contribution in [0.1, 0.15) is 10.6 Å². The zero-order chi connectivity index (χ0) is 27.8. The van der Waals surface area contributed by atoms with E-state index in [1.54, 1.807) is 0 Å². The van der Waals surface area contributed by atoms with E-state index in [0.717, 1.165) is 10.9 Å². The fraction of sp³-hybridized carbons (Fsp3) is 0.333. The average molecular weight is 532 g/mol. The molecule has 6 N–H and O–H groups in total. The summed E-state index contributed by atoms with van der Waals surface area (Å²) in [5, 5.41) is 27.9. The van der Waals surface area contributed by atoms with E-state index in [9.17, 15) is 18.0 Å². The van der Waals surface area contributed by atoms with Crippen LogP contribution in [0.5, 0.6) is 0 Å². The molecule has 1 aliphatic heterocycles. The molecule has 3 aromatic rings. The minimum absolute atomic E-state index is 0.0350. The summed E-state index contributed by atoms with van der Waals surface area (Å²) in [5.74, 6) is -0.484. The molecule has 4 heterocycles. The molecular weight excluding hydrogens is 513 g/mol. The van der Waals surface area contributed by atoms with Gasteiger partial charge in [0.25, 0.3) is 5.91 Å². The monoisotopic (exact) mass is 532 g/mol. The van der Waals surface area contributed by atoms with Crippen LogP contribution in [0.15, 0.2) is 18.7 Å². The lowest BCUT2D eigenvalue weighted by molar-refractivity contribution is -0.140. The number of alkyl halides is 3. The molecule has 0 atom stereocenters. The van der Waals surface area contributed by atoms with Gasteiger partial charge in [-0.1, -0.05) is 0 Å². The maximum Gasteiger partial charge on any atom is 0.503 e. The Bertz CT molecular complexity index is 1230. The van der Waals surface area contributed by atoms with Crippen LogP contribution in [0.3, 0.4) is 0 Å². The number of fused-ring (bicyclic) bond motifs is 1. The number of aromatic nitrogens is 6. The molecule has 1 amide bonds. The first-order valence-corrected chi connectivity index (χ1v) is 9.86. The van der Waals surface area contributed by atoms with E-state index in [-0.39, 0.29) is 22.8 Å². The first-order chi connectivity index (χ1) is 17.3. The number of carboxylic acid groups (broad SMARTS) is 4. The Morgan fingerprint density at radius 1 is 0.973 bits per heavy atom. The van der Waals surface area contributed by atoms with Gasteiger partial charge in [-0.25, -0.2) is 34.5 Å². The molecular formula is C18H19F3N8O8. The molecule has 1 saturated heterocycles. The minimum atomic E-state index is -4.44. The third-order valence-electron chi connectivity index (χ3n) is 4.24. The number of carbonyl (C=O) groups excluding carboxylic acids is 1. The predicted molar refractivity (Wildman–Crippen MR) is 115 cm³/mol. The van der Waals surface area contributed by atoms with E-state index in [1.807, 2.05) is 4.90 Å². The third kappa shape index (κ3) is 8.72. The number of halogens is 3. The average Bonchev–Trinajstić information content (AvgIpc) is 3.19. The van der Waals surface area contributed by atoms with Crippen molar-refractivity contribution in [1.29, 1.82) is 0 Å². The summed E-state index contributed by atoms with van der Waals surface area (Å²) in [6.07, 6.45) is -4.43. The standard InChI is InChI=1S/C16H15F3N8O2.2CH2O3/c17-16(18,19)7-27-8-23-10-14(26-1-3-29-4-2-26)24-12(25-15(10)27)9-5-21-13(11(20)28)22-6-9;2*2-1(3)4/h5-6,8H,1-4,7H2,(H2,20,28);2*(H2,2,3,4). The van der Waals surface area contributed by atoms with Crippen LogP contribution in [-0.4, -0.2) is 101 Å². The molecule has 200 valence electrons. The first-order valence-electron chi connectivity index (χ1n) is 9.86. The molecule has 1 aliphatic rings. The Morgan fingerprint density at radius 2 is 1.51 bits per heavy atom. The molecule has 16 nitrogen and oxygen atoms in total. The second-order valence-corrected chi connectivity index (χ2v) is 6.85. The molecule has 0 bridgehead atoms. The van der Waals surface area contributed by atoms with Crippen molar-refractivity contribution in [1.82, 2.24) is 29.5 Å². The third-order valence-corrected chi connectivity index (χ3v) is 4.24. The maximum absolute atomic E-state index is 13.0. The lowest BCUT2D eigenvalue weighted by Gasteiger charge is -2.28. The molecule has 1 fully saturated rings. The van der Waals surface area contributed by atoms with Gasteiger partial charge in [0.05, 0.1) is 25.1 Å². The van der Waals surface area contributed by atoms with Crippen LogP contribution < -0.4 is 10.6 Å². The minimum Gasteiger partial charge on any atom is -0.450 e. The number of anilines is 1. The fourth-order valence-electron chi connectivity index (χ4n) is 2.93. The van der Waals surface area contributed by atoms with E-state index in [0.29, 0.717) is 37.7 Å². The highest BCUT2D eigenvalue weighted by Gasteiger charge is 2.30. The summed E-state index contributed by atoms with van der Waals surface area (Å²) in [4.78, 5) is 50.7. The summed E-state index contributed by atoms with van der Waals surface area (Å²) in [5.41, 5.74) is 5.75. The number of primary amides is 1. The number of imidazole rings is 1. The Kier molecular flexibility index (Phi) is 9.41. The van der Waals surface area contributed by atoms with Crippen LogP contribution in [0, 0.1) is 0 Å². The van der Waals surface area contributed by atoms with Crippen LogP contribution in [0.2, 0.25) is 0 Å². The lowest BCUT2D eigenvalue weighted by atomic mass is 10.3. The molecule has 0 aliphatic carbocycles. The maximum atomic E-state index is 13.0. The number of ether oxygens (including phenoxy) is 1. The van der Waals surface area contributed by atoms with Gasteiger partial charge in [-0.05, 0) is 0 Å². The van der Waals surface area contributed by atoms with Gasteiger partial charge >= 0.3 is 18.5 Å². The molecule has 19 heteroatoms. The number of rotatable bonds is 4. The molecule has 0 aromatic carbocycles. The Balaban J connectivity index is 0.000000530. The highest BCUT2D eigenvalue weighted by molar-refractivity contribution is 5.89. The summed E-state index contributed by atoms with van der Waals surface area (Å²) in [7, 11) is 0. The number of amides is 1. The number of morpholine rings is 1. The number of nitrogens with two attached hydrogens (primary N) is 1. The van der Waals surface area contributed by atoms with Crippen LogP contribution in [0.25, 0.3) is 22.6 Å². The van der Waals surface area contributed by atoms with E-state index in [2.05, 4.69) is 24.9 Å². The topological polar surface area (TPSA) is 240 Å². The molecule has 4 rings (SSSR count). The quantitative estimate of drug-likeness (QED) is 0.317. The highest BCUT2D eigenvalue weighted by Crippen LogP contribution is 2.28. The zero-order valence-electron chi connectivity index (χ0n) is 18.5. The Morgan fingerprint density at radius 3 is 2.00 bits per heavy atom. The number of nitrogens with zero attached hydrogens (tertiary/aromatic N) is 7. The summed E-state index contributed by atoms with van der Waals surface area (Å²) >= 11 is 0. The summed E-state index contributed by atoms with van der Waals surface area (Å²) in [6, 6.07) is 0. The van der Waals surface area contributed by atoms with Crippen LogP contribution in [0.4, 0.5) is 28.6 Å². The normalized spacial score (nSPS) is 13.1. The van der Waals surface area contributed by atoms with Crippen molar-refractivity contribution >= 4 is 35.2 Å². The fourth-order valence-corrected chi connectivity index (χ4v) is 2.93. The highest BCUT2D eigenvalue weighted by atomic mass is 19.4. The lowest BCUT2D eigenvalue weighted by Crippen LogP contribution is -2.37. The second kappa shape index (κ2) is 12.2. The number of hydrogen-bond donors (Lipinski definition) is 5. The van der Waals surface area contributed by atoms with Crippen molar-refractivity contribution in [3.05, 3.63) is 24.5 Å². The molecule has 0 saturated carbocycles. The molecule has 0 radical (unpaired) electrons. The van der Waals surface area contributed by atoms with Gasteiger partial charge in [-0.3, -0.25) is 4.79 Å². The van der Waals surface area contributed by atoms with Gasteiger partial charge < -0.3 is 40.4 Å². The van der Waals surface area contributed by atoms with E-state index >= 15 is 0 Å². The van der Waals surface area contributed by atoms with Crippen molar-refractivity contribution in [2.75, 3.05) is 31.2 Å². The zero-order valence-corrected chi connectivity index (χ0v) is 18.5. The first kappa shape index (κ1) is 28.4. The molecule has 0 unspecified atom stereocenters. The van der Waals surface area contributed by atoms with Gasteiger partial charge in [-0.15, -0.1) is 0 Å². The van der Waals surface area contributed by atoms with E-state index in [4.69, 9.17) is 40.5 Å². The van der Waals surface area contributed by atoms with Gasteiger partial charge in [0.15, 0.2) is 22.8 Å². The molecule has 0 spiro atoms. The van der Waals surface area contributed by atoms with E-state index < -0.39 is 30.9 Å². The van der Waals surface area contributed by atoms with Gasteiger partial charge in [-0.2, -0.15) is 13.2 Å². The Hall–Kier alpha value is -4.81. The predicted octanol–water partition coefficient (Wildman–Crippen LogP) is 1.23. The smallest absolute Gasteiger partial charge is 0.450 e. The van der Waals surface area contributed by atoms with Crippen molar-refractivity contribution in [3.8, 4) is 11.4 Å². The van der Waals surface area contributed by atoms with Gasteiger partial charge in [0.2, 0.25) is 5.82 Å². The number of hydrogen-bond acceptors (Lipinski definition) is 10. The van der Waals surface area contributed by atoms with Gasteiger partial charge in [0, 0.05) is 25.5 Å². The second-order valence-electron chi connectivity index (χ2n) is 6.85. The van der Waals surface area contributed by atoms with Gasteiger partial charge in [0.1, 0.15) is 6.54 Å². The Labute approximate surface area is 203 Å². The molecule has 37 heavy (non-hydrogen) atoms. The summed E-state index contributed by atoms with van der Waals surface area (Å²) < 4.78 is 45.1. The molecule has 3 aromatic heterocycles. The van der Waals surface area contributed by atoms with Crippen molar-refractivity contribution < 1.29 is 52.7 Å². The van der Waals surface area contributed by atoms with Crippen LogP contribution >= 0.6 is 0 Å². The number of carbonyl (C=O) groups is 3. The van der Waals surface area contributed by atoms with Crippen LogP contribution in [-0.2, 0) is 11.3 Å². The largest absolute Gasteiger partial charge is 0.503 e. The van der Waals surface area contributed by atoms with Crippen molar-refractivity contribution in [2.24, 2.45) is 5.73 Å². The summed E-state index contributed by atoms with van der Waals surface area (Å²) in [6.45, 7) is 0.699. The van der Waals surface area contributed by atoms with Crippen molar-refractivity contribution in [3.63, 3.8) is 0 Å². The SMILES string of the molecule is NC(=O)c1ncc(-c2nc(N3CCOCC3)c3ncn(CC(F)(F)F)c3n2)cn1.O=C(O)O.O=C(O)O. The van der Waals surface area contributed by atoms with E-state index in [1.165, 1.54) is 12.4 Å². The van der Waals surface area contributed by atoms with Crippen molar-refractivity contribution in [2.45, 2.75) is 12.7 Å².